The Morgan fingerprint density at radius 3 is 2.61 bits per heavy atom. The van der Waals surface area contributed by atoms with E-state index < -0.39 is 61.0 Å². The quantitative estimate of drug-likeness (QED) is 0.123. The van der Waals surface area contributed by atoms with Gasteiger partial charge in [0.05, 0.1) is 35.5 Å². The lowest BCUT2D eigenvalue weighted by atomic mass is 9.82. The molecule has 0 unspecified atom stereocenters. The van der Waals surface area contributed by atoms with Gasteiger partial charge in [-0.25, -0.2) is 4.98 Å². The van der Waals surface area contributed by atoms with Crippen molar-refractivity contribution in [3.63, 3.8) is 0 Å². The zero-order chi connectivity index (χ0) is 29.4. The van der Waals surface area contributed by atoms with Gasteiger partial charge >= 0.3 is 0 Å². The number of H-pyrrole nitrogens is 1. The molecule has 1 aliphatic heterocycles. The van der Waals surface area contributed by atoms with Crippen molar-refractivity contribution in [3.05, 3.63) is 41.7 Å². The summed E-state index contributed by atoms with van der Waals surface area (Å²) < 4.78 is 11.8. The molecule has 1 saturated carbocycles. The number of para-hydroxylation sites is 1. The van der Waals surface area contributed by atoms with Gasteiger partial charge in [-0.05, 0) is 25.5 Å². The predicted molar refractivity (Wildman–Crippen MR) is 152 cm³/mol. The molecule has 2 aromatic heterocycles. The van der Waals surface area contributed by atoms with Crippen LogP contribution >= 0.6 is 0 Å². The van der Waals surface area contributed by atoms with Crippen molar-refractivity contribution in [1.82, 2.24) is 20.6 Å². The van der Waals surface area contributed by atoms with E-state index in [1.807, 2.05) is 31.2 Å². The lowest BCUT2D eigenvalue weighted by Gasteiger charge is -2.47. The molecule has 10 atom stereocenters. The van der Waals surface area contributed by atoms with Gasteiger partial charge in [-0.1, -0.05) is 18.2 Å². The maximum atomic E-state index is 13.0. The molecule has 3 heterocycles. The van der Waals surface area contributed by atoms with Gasteiger partial charge in [0.15, 0.2) is 6.29 Å². The minimum atomic E-state index is -1.32. The largest absolute Gasteiger partial charge is 0.390 e. The summed E-state index contributed by atoms with van der Waals surface area (Å²) in [6.45, 7) is 2.26. The smallest absolute Gasteiger partial charge is 0.269 e. The van der Waals surface area contributed by atoms with E-state index in [1.54, 1.807) is 6.07 Å². The van der Waals surface area contributed by atoms with Crippen molar-refractivity contribution < 1.29 is 29.6 Å². The molecule has 224 valence electrons. The minimum absolute atomic E-state index is 0.0575. The Labute approximate surface area is 236 Å². The third kappa shape index (κ3) is 5.81. The number of nitrogens with zero attached hydrogens (tertiary/aromatic N) is 1. The van der Waals surface area contributed by atoms with Gasteiger partial charge in [-0.2, -0.15) is 0 Å². The number of nitrogens with one attached hydrogen (secondary N) is 3. The van der Waals surface area contributed by atoms with Gasteiger partial charge in [0.1, 0.15) is 24.0 Å². The minimum Gasteiger partial charge on any atom is -0.390 e. The van der Waals surface area contributed by atoms with Crippen molar-refractivity contribution in [2.24, 2.45) is 22.9 Å². The van der Waals surface area contributed by atoms with Gasteiger partial charge in [-0.3, -0.25) is 4.79 Å². The fourth-order valence-corrected chi connectivity index (χ4v) is 5.79. The maximum absolute atomic E-state index is 13.0. The van der Waals surface area contributed by atoms with Crippen molar-refractivity contribution in [2.45, 2.75) is 74.3 Å². The topological polar surface area (TPSA) is 253 Å². The van der Waals surface area contributed by atoms with Crippen LogP contribution in [0.25, 0.3) is 21.8 Å². The second-order valence-electron chi connectivity index (χ2n) is 10.9. The van der Waals surface area contributed by atoms with Crippen molar-refractivity contribution in [3.8, 4) is 0 Å². The fraction of sp³-hybridized carbons (Fsp3) is 0.556. The van der Waals surface area contributed by atoms with E-state index in [0.29, 0.717) is 11.4 Å². The first-order chi connectivity index (χ1) is 19.6. The SMILES string of the molecule is Cc1nc(C(=O)NCCN[C@H]2[C@@H](O)[C@H](N)C[C@H](N)[C@H]2O[C@@H]2O[C@H](CN)[C@@H](O)[C@H](O)[C@H]2N)cc2c1[nH]c1ccccc12. The van der Waals surface area contributed by atoms with E-state index in [2.05, 4.69) is 20.6 Å². The summed E-state index contributed by atoms with van der Waals surface area (Å²) in [4.78, 5) is 20.8. The molecule has 0 radical (unpaired) electrons. The van der Waals surface area contributed by atoms with E-state index in [4.69, 9.17) is 32.4 Å². The van der Waals surface area contributed by atoms with Crippen LogP contribution in [-0.4, -0.2) is 112 Å². The highest BCUT2D eigenvalue weighted by molar-refractivity contribution is 6.10. The molecule has 1 saturated heterocycles. The standard InChI is InChI=1S/C27H40N8O6/c1-11-20-13(12-4-2-3-5-16(12)35-20)8-17(34-11)26(39)33-7-6-32-21-22(36)14(29)9-15(30)25(21)41-27-19(31)24(38)23(37)18(10-28)40-27/h2-5,8,14-15,18-19,21-25,27,32,35-38H,6-7,9-10,28-31H2,1H3,(H,33,39)/t14-,15+,18-,19-,21+,22+,23-,24-,25-,27+/m1/s1. The summed E-state index contributed by atoms with van der Waals surface area (Å²) in [5, 5.41) is 39.4. The predicted octanol–water partition coefficient (Wildman–Crippen LogP) is -2.75. The average Bonchev–Trinajstić information content (AvgIpc) is 3.34. The van der Waals surface area contributed by atoms with Crippen molar-refractivity contribution in [2.75, 3.05) is 19.6 Å². The van der Waals surface area contributed by atoms with Gasteiger partial charge in [0.25, 0.3) is 5.91 Å². The third-order valence-corrected chi connectivity index (χ3v) is 8.10. The highest BCUT2D eigenvalue weighted by Crippen LogP contribution is 2.28. The summed E-state index contributed by atoms with van der Waals surface area (Å²) in [7, 11) is 0. The number of aromatic amines is 1. The van der Waals surface area contributed by atoms with E-state index in [-0.39, 0.29) is 32.0 Å². The number of pyridine rings is 1. The molecule has 5 rings (SSSR count). The first-order valence-corrected chi connectivity index (χ1v) is 13.8. The average molecular weight is 573 g/mol. The van der Waals surface area contributed by atoms with Crippen LogP contribution < -0.4 is 33.6 Å². The monoisotopic (exact) mass is 572 g/mol. The molecular weight excluding hydrogens is 532 g/mol. The summed E-state index contributed by atoms with van der Waals surface area (Å²) >= 11 is 0. The van der Waals surface area contributed by atoms with Gasteiger partial charge in [0.2, 0.25) is 0 Å². The summed E-state index contributed by atoms with van der Waals surface area (Å²) in [5.74, 6) is -0.338. The van der Waals surface area contributed by atoms with Crippen LogP contribution in [0.3, 0.4) is 0 Å². The lowest BCUT2D eigenvalue weighted by molar-refractivity contribution is -0.279. The number of hydrogen-bond acceptors (Lipinski definition) is 12. The number of aromatic nitrogens is 2. The van der Waals surface area contributed by atoms with Crippen LogP contribution in [0, 0.1) is 6.92 Å². The number of aryl methyl sites for hydroxylation is 1. The summed E-state index contributed by atoms with van der Waals surface area (Å²) in [6, 6.07) is 6.62. The van der Waals surface area contributed by atoms with Gasteiger partial charge in [-0.15, -0.1) is 0 Å². The number of aliphatic hydroxyl groups excluding tert-OH is 3. The normalized spacial score (nSPS) is 34.2. The Morgan fingerprint density at radius 2 is 1.85 bits per heavy atom. The molecule has 2 fully saturated rings. The third-order valence-electron chi connectivity index (χ3n) is 8.10. The van der Waals surface area contributed by atoms with E-state index in [9.17, 15) is 20.1 Å². The molecule has 14 nitrogen and oxygen atoms in total. The zero-order valence-electron chi connectivity index (χ0n) is 22.8. The van der Waals surface area contributed by atoms with Crippen LogP contribution in [0.5, 0.6) is 0 Å². The molecule has 2 aliphatic rings. The number of hydrogen-bond donors (Lipinski definition) is 10. The van der Waals surface area contributed by atoms with Crippen molar-refractivity contribution >= 4 is 27.7 Å². The molecule has 1 aliphatic carbocycles. The molecule has 14 N–H and O–H groups in total. The number of benzene rings is 1. The number of fused-ring (bicyclic) bond motifs is 3. The molecule has 0 bridgehead atoms. The Kier molecular flexibility index (Phi) is 8.87. The van der Waals surface area contributed by atoms with Gasteiger partial charge < -0.3 is 63.3 Å². The summed E-state index contributed by atoms with van der Waals surface area (Å²) in [6.07, 6.45) is -6.15. The van der Waals surface area contributed by atoms with E-state index in [0.717, 1.165) is 21.8 Å². The number of aliphatic hydroxyl groups is 3. The van der Waals surface area contributed by atoms with E-state index >= 15 is 0 Å². The van der Waals surface area contributed by atoms with Crippen LogP contribution in [0.1, 0.15) is 22.6 Å². The first kappa shape index (κ1) is 29.7. The van der Waals surface area contributed by atoms with Crippen LogP contribution in [0.4, 0.5) is 0 Å². The van der Waals surface area contributed by atoms with Crippen LogP contribution in [0.2, 0.25) is 0 Å². The van der Waals surface area contributed by atoms with Crippen LogP contribution in [0.15, 0.2) is 30.3 Å². The Hall–Kier alpha value is -2.76. The Bertz CT molecular complexity index is 1370. The molecule has 3 aromatic rings. The zero-order valence-corrected chi connectivity index (χ0v) is 22.8. The van der Waals surface area contributed by atoms with E-state index in [1.165, 1.54) is 0 Å². The molecular formula is C27H40N8O6. The number of ether oxygens (including phenoxy) is 2. The number of nitrogens with two attached hydrogens (primary N) is 4. The lowest BCUT2D eigenvalue weighted by Crippen LogP contribution is -2.70. The summed E-state index contributed by atoms with van der Waals surface area (Å²) in [5.41, 5.74) is 27.1. The highest BCUT2D eigenvalue weighted by Gasteiger charge is 2.48. The Balaban J connectivity index is 1.23. The number of amides is 1. The molecule has 1 amide bonds. The molecule has 41 heavy (non-hydrogen) atoms. The van der Waals surface area contributed by atoms with Crippen LogP contribution in [-0.2, 0) is 9.47 Å². The number of carbonyl (C=O) groups excluding carboxylic acids is 1. The number of rotatable bonds is 8. The maximum Gasteiger partial charge on any atom is 0.269 e. The first-order valence-electron chi connectivity index (χ1n) is 13.8. The highest BCUT2D eigenvalue weighted by atomic mass is 16.7. The number of carbonyl (C=O) groups is 1. The van der Waals surface area contributed by atoms with Crippen molar-refractivity contribution in [1.29, 1.82) is 0 Å². The molecule has 0 spiro atoms. The second-order valence-corrected chi connectivity index (χ2v) is 10.9. The fourth-order valence-electron chi connectivity index (χ4n) is 5.79. The second kappa shape index (κ2) is 12.2. The Morgan fingerprint density at radius 1 is 1.10 bits per heavy atom. The van der Waals surface area contributed by atoms with Gasteiger partial charge in [0, 0.05) is 48.0 Å². The molecule has 14 heteroatoms. The molecule has 1 aromatic carbocycles.